The Labute approximate surface area is 84.5 Å². The number of hydrogen-bond acceptors (Lipinski definition) is 4. The van der Waals surface area contributed by atoms with E-state index < -0.39 is 0 Å². The summed E-state index contributed by atoms with van der Waals surface area (Å²) in [6.45, 7) is 5.02. The van der Waals surface area contributed by atoms with Crippen LogP contribution in [0.15, 0.2) is 0 Å². The molecule has 0 saturated heterocycles. The van der Waals surface area contributed by atoms with Crippen molar-refractivity contribution in [2.45, 2.75) is 39.0 Å². The van der Waals surface area contributed by atoms with E-state index in [0.29, 0.717) is 12.5 Å². The third-order valence-corrected chi connectivity index (χ3v) is 2.81. The van der Waals surface area contributed by atoms with E-state index in [9.17, 15) is 0 Å². The summed E-state index contributed by atoms with van der Waals surface area (Å²) < 4.78 is 0. The van der Waals surface area contributed by atoms with Crippen molar-refractivity contribution >= 4 is 0 Å². The zero-order chi connectivity index (χ0) is 10.4. The van der Waals surface area contributed by atoms with Crippen LogP contribution in [0, 0.1) is 5.92 Å². The number of rotatable bonds is 6. The summed E-state index contributed by atoms with van der Waals surface area (Å²) in [6, 6.07) is 0. The van der Waals surface area contributed by atoms with Crippen LogP contribution in [-0.4, -0.2) is 27.2 Å². The Morgan fingerprint density at radius 3 is 2.50 bits per heavy atom. The highest BCUT2D eigenvalue weighted by Crippen LogP contribution is 2.23. The molecule has 5 nitrogen and oxygen atoms in total. The third kappa shape index (κ3) is 2.77. The summed E-state index contributed by atoms with van der Waals surface area (Å²) in [7, 11) is 0. The molecule has 1 heterocycles. The molecule has 0 aliphatic rings. The lowest BCUT2D eigenvalue weighted by Gasteiger charge is -2.17. The van der Waals surface area contributed by atoms with Crippen molar-refractivity contribution in [3.63, 3.8) is 0 Å². The number of aromatic nitrogens is 4. The molecule has 0 aromatic carbocycles. The molecule has 1 aromatic heterocycles. The molecule has 80 valence electrons. The summed E-state index contributed by atoms with van der Waals surface area (Å²) in [5.74, 6) is 1.81. The number of nitrogens with one attached hydrogen (secondary N) is 1. The van der Waals surface area contributed by atoms with Crippen LogP contribution >= 0.6 is 0 Å². The predicted molar refractivity (Wildman–Crippen MR) is 54.7 cm³/mol. The van der Waals surface area contributed by atoms with Gasteiger partial charge in [0.15, 0.2) is 5.82 Å². The quantitative estimate of drug-likeness (QED) is 0.714. The van der Waals surface area contributed by atoms with Gasteiger partial charge in [0.2, 0.25) is 0 Å². The maximum atomic E-state index is 5.71. The van der Waals surface area contributed by atoms with Gasteiger partial charge in [0.05, 0.1) is 0 Å². The fourth-order valence-electron chi connectivity index (χ4n) is 1.68. The molecule has 0 aliphatic carbocycles. The molecule has 1 aromatic rings. The van der Waals surface area contributed by atoms with E-state index in [1.165, 1.54) is 12.8 Å². The Balaban J connectivity index is 2.55. The second-order valence-corrected chi connectivity index (χ2v) is 3.64. The maximum Gasteiger partial charge on any atom is 0.152 e. The fourth-order valence-corrected chi connectivity index (χ4v) is 1.68. The molecule has 0 bridgehead atoms. The minimum absolute atomic E-state index is 0.273. The number of aromatic amines is 1. The van der Waals surface area contributed by atoms with Crippen molar-refractivity contribution < 1.29 is 0 Å². The van der Waals surface area contributed by atoms with E-state index in [0.717, 1.165) is 12.2 Å². The molecule has 1 unspecified atom stereocenters. The van der Waals surface area contributed by atoms with Gasteiger partial charge >= 0.3 is 0 Å². The molecule has 14 heavy (non-hydrogen) atoms. The van der Waals surface area contributed by atoms with Crippen LogP contribution in [0.4, 0.5) is 0 Å². The van der Waals surface area contributed by atoms with Crippen LogP contribution in [0.2, 0.25) is 0 Å². The monoisotopic (exact) mass is 197 g/mol. The van der Waals surface area contributed by atoms with Gasteiger partial charge in [-0.2, -0.15) is 0 Å². The van der Waals surface area contributed by atoms with Gasteiger partial charge < -0.3 is 5.73 Å². The van der Waals surface area contributed by atoms with Gasteiger partial charge in [-0.1, -0.05) is 26.7 Å². The highest BCUT2D eigenvalue weighted by Gasteiger charge is 2.17. The van der Waals surface area contributed by atoms with Gasteiger partial charge in [0.1, 0.15) is 0 Å². The summed E-state index contributed by atoms with van der Waals surface area (Å²) >= 11 is 0. The average molecular weight is 197 g/mol. The van der Waals surface area contributed by atoms with Gasteiger partial charge in [-0.15, -0.1) is 5.10 Å². The summed E-state index contributed by atoms with van der Waals surface area (Å²) in [6.07, 6.45) is 3.45. The standard InChI is InChI=1S/C9H19N5/c1-3-7(4-2)5-8(6-10)9-11-13-14-12-9/h7-8H,3-6,10H2,1-2H3,(H,11,12,13,14). The van der Waals surface area contributed by atoms with Crippen molar-refractivity contribution in [3.8, 4) is 0 Å². The first-order chi connectivity index (χ1) is 6.81. The average Bonchev–Trinajstić information content (AvgIpc) is 2.73. The largest absolute Gasteiger partial charge is 0.330 e. The lowest BCUT2D eigenvalue weighted by Crippen LogP contribution is -2.17. The fraction of sp³-hybridized carbons (Fsp3) is 0.889. The van der Waals surface area contributed by atoms with Crippen LogP contribution in [0.25, 0.3) is 0 Å². The molecule has 1 atom stereocenters. The molecule has 0 amide bonds. The first-order valence-electron chi connectivity index (χ1n) is 5.25. The normalized spacial score (nSPS) is 13.4. The van der Waals surface area contributed by atoms with Crippen LogP contribution in [0.1, 0.15) is 44.9 Å². The molecular weight excluding hydrogens is 178 g/mol. The summed E-state index contributed by atoms with van der Waals surface area (Å²) in [5.41, 5.74) is 5.71. The van der Waals surface area contributed by atoms with Crippen molar-refractivity contribution in [3.05, 3.63) is 5.82 Å². The number of H-pyrrole nitrogens is 1. The molecule has 0 spiro atoms. The smallest absolute Gasteiger partial charge is 0.152 e. The SMILES string of the molecule is CCC(CC)CC(CN)c1nnn[nH]1. The molecule has 0 fully saturated rings. The van der Waals surface area contributed by atoms with E-state index in [1.807, 2.05) is 0 Å². The van der Waals surface area contributed by atoms with Gasteiger partial charge in [-0.3, -0.25) is 0 Å². The van der Waals surface area contributed by atoms with Crippen LogP contribution in [-0.2, 0) is 0 Å². The Kier molecular flexibility index (Phi) is 4.52. The predicted octanol–water partition coefficient (Wildman–Crippen LogP) is 1.07. The number of nitrogens with zero attached hydrogens (tertiary/aromatic N) is 3. The van der Waals surface area contributed by atoms with E-state index in [2.05, 4.69) is 34.5 Å². The summed E-state index contributed by atoms with van der Waals surface area (Å²) in [4.78, 5) is 0. The van der Waals surface area contributed by atoms with Gasteiger partial charge in [-0.25, -0.2) is 5.10 Å². The summed E-state index contributed by atoms with van der Waals surface area (Å²) in [5, 5.41) is 13.8. The van der Waals surface area contributed by atoms with Crippen molar-refractivity contribution in [2.24, 2.45) is 11.7 Å². The Morgan fingerprint density at radius 1 is 1.36 bits per heavy atom. The number of hydrogen-bond donors (Lipinski definition) is 2. The molecule has 0 radical (unpaired) electrons. The van der Waals surface area contributed by atoms with E-state index in [-0.39, 0.29) is 5.92 Å². The molecular formula is C9H19N5. The minimum Gasteiger partial charge on any atom is -0.330 e. The van der Waals surface area contributed by atoms with E-state index in [4.69, 9.17) is 5.73 Å². The first kappa shape index (κ1) is 11.1. The van der Waals surface area contributed by atoms with E-state index >= 15 is 0 Å². The van der Waals surface area contributed by atoms with Gasteiger partial charge in [0.25, 0.3) is 0 Å². The van der Waals surface area contributed by atoms with Gasteiger partial charge in [0, 0.05) is 12.5 Å². The molecule has 5 heteroatoms. The van der Waals surface area contributed by atoms with Crippen LogP contribution in [0.3, 0.4) is 0 Å². The minimum atomic E-state index is 0.273. The molecule has 3 N–H and O–H groups in total. The zero-order valence-electron chi connectivity index (χ0n) is 8.90. The molecule has 0 aliphatic heterocycles. The van der Waals surface area contributed by atoms with Crippen molar-refractivity contribution in [2.75, 3.05) is 6.54 Å². The lowest BCUT2D eigenvalue weighted by atomic mass is 9.90. The second-order valence-electron chi connectivity index (χ2n) is 3.64. The Morgan fingerprint density at radius 2 is 2.07 bits per heavy atom. The molecule has 1 rings (SSSR count). The third-order valence-electron chi connectivity index (χ3n) is 2.81. The Bertz CT molecular complexity index is 229. The highest BCUT2D eigenvalue weighted by molar-refractivity contribution is 4.92. The van der Waals surface area contributed by atoms with E-state index in [1.54, 1.807) is 0 Å². The first-order valence-corrected chi connectivity index (χ1v) is 5.25. The van der Waals surface area contributed by atoms with Gasteiger partial charge in [-0.05, 0) is 22.8 Å². The topological polar surface area (TPSA) is 80.5 Å². The van der Waals surface area contributed by atoms with Crippen LogP contribution < -0.4 is 5.73 Å². The van der Waals surface area contributed by atoms with Crippen molar-refractivity contribution in [1.29, 1.82) is 0 Å². The molecule has 0 saturated carbocycles. The second kappa shape index (κ2) is 5.70. The zero-order valence-corrected chi connectivity index (χ0v) is 8.90. The number of tetrazole rings is 1. The highest BCUT2D eigenvalue weighted by atomic mass is 15.5. The maximum absolute atomic E-state index is 5.71. The lowest BCUT2D eigenvalue weighted by molar-refractivity contribution is 0.404. The van der Waals surface area contributed by atoms with Crippen molar-refractivity contribution in [1.82, 2.24) is 20.6 Å². The number of nitrogens with two attached hydrogens (primary N) is 1. The van der Waals surface area contributed by atoms with Crippen LogP contribution in [0.5, 0.6) is 0 Å². The Hall–Kier alpha value is -0.970.